The van der Waals surface area contributed by atoms with Crippen LogP contribution in [-0.2, 0) is 13.0 Å². The number of halogens is 1. The molecule has 0 atom stereocenters. The van der Waals surface area contributed by atoms with Crippen molar-refractivity contribution < 1.29 is 0 Å². The number of benzene rings is 1. The molecule has 0 radical (unpaired) electrons. The molecule has 0 amide bonds. The molecule has 1 N–H and O–H groups in total. The molecule has 0 saturated heterocycles. The van der Waals surface area contributed by atoms with E-state index in [-0.39, 0.29) is 0 Å². The van der Waals surface area contributed by atoms with Gasteiger partial charge in [0.15, 0.2) is 0 Å². The molecule has 0 saturated carbocycles. The van der Waals surface area contributed by atoms with Crippen molar-refractivity contribution in [2.75, 3.05) is 13.6 Å². The number of aromatic nitrogens is 1. The van der Waals surface area contributed by atoms with Gasteiger partial charge in [-0.15, -0.1) is 0 Å². The maximum absolute atomic E-state index is 6.32. The van der Waals surface area contributed by atoms with Crippen LogP contribution in [0.5, 0.6) is 0 Å². The van der Waals surface area contributed by atoms with E-state index in [0.29, 0.717) is 0 Å². The van der Waals surface area contributed by atoms with E-state index in [4.69, 9.17) is 11.6 Å². The van der Waals surface area contributed by atoms with Gasteiger partial charge in [0, 0.05) is 23.6 Å². The van der Waals surface area contributed by atoms with E-state index in [9.17, 15) is 0 Å². The minimum Gasteiger partial charge on any atom is -0.347 e. The Morgan fingerprint density at radius 2 is 2.18 bits per heavy atom. The third-order valence-corrected chi connectivity index (χ3v) is 3.46. The van der Waals surface area contributed by atoms with Crippen LogP contribution in [0.25, 0.3) is 10.9 Å². The predicted molar refractivity (Wildman–Crippen MR) is 74.9 cm³/mol. The molecular weight excluding hydrogens is 232 g/mol. The lowest BCUT2D eigenvalue weighted by Crippen LogP contribution is -2.08. The van der Waals surface area contributed by atoms with E-state index in [0.717, 1.165) is 31.0 Å². The highest BCUT2D eigenvalue weighted by Gasteiger charge is 2.10. The number of hydrogen-bond donors (Lipinski definition) is 1. The van der Waals surface area contributed by atoms with Crippen molar-refractivity contribution in [2.45, 2.75) is 26.3 Å². The van der Waals surface area contributed by atoms with Crippen molar-refractivity contribution in [3.8, 4) is 0 Å². The molecule has 0 bridgehead atoms. The van der Waals surface area contributed by atoms with Gasteiger partial charge >= 0.3 is 0 Å². The second kappa shape index (κ2) is 5.56. The first-order valence-electron chi connectivity index (χ1n) is 6.18. The second-order valence-electron chi connectivity index (χ2n) is 4.28. The molecule has 0 aliphatic rings. The molecule has 2 aromatic rings. The Morgan fingerprint density at radius 1 is 1.35 bits per heavy atom. The Bertz CT molecular complexity index is 502. The van der Waals surface area contributed by atoms with Crippen LogP contribution >= 0.6 is 11.6 Å². The van der Waals surface area contributed by atoms with E-state index >= 15 is 0 Å². The molecule has 0 aliphatic heterocycles. The van der Waals surface area contributed by atoms with Crippen LogP contribution in [0.15, 0.2) is 24.4 Å². The molecule has 1 heterocycles. The summed E-state index contributed by atoms with van der Waals surface area (Å²) in [5, 5.41) is 5.28. The van der Waals surface area contributed by atoms with Crippen LogP contribution in [0.2, 0.25) is 5.02 Å². The fraction of sp³-hybridized carbons (Fsp3) is 0.429. The Hall–Kier alpha value is -0.990. The highest BCUT2D eigenvalue weighted by Crippen LogP contribution is 2.29. The summed E-state index contributed by atoms with van der Waals surface area (Å²) in [4.78, 5) is 0. The number of hydrogen-bond acceptors (Lipinski definition) is 1. The monoisotopic (exact) mass is 250 g/mol. The summed E-state index contributed by atoms with van der Waals surface area (Å²) in [7, 11) is 1.99. The summed E-state index contributed by atoms with van der Waals surface area (Å²) in [6.45, 7) is 4.20. The molecule has 92 valence electrons. The number of nitrogens with one attached hydrogen (secondary N) is 1. The van der Waals surface area contributed by atoms with Crippen molar-refractivity contribution in [2.24, 2.45) is 0 Å². The zero-order valence-electron chi connectivity index (χ0n) is 10.5. The molecule has 17 heavy (non-hydrogen) atoms. The predicted octanol–water partition coefficient (Wildman–Crippen LogP) is 3.47. The maximum atomic E-state index is 6.32. The van der Waals surface area contributed by atoms with Gasteiger partial charge in [-0.25, -0.2) is 0 Å². The second-order valence-corrected chi connectivity index (χ2v) is 4.69. The van der Waals surface area contributed by atoms with Gasteiger partial charge < -0.3 is 9.88 Å². The molecule has 2 nitrogen and oxygen atoms in total. The quantitative estimate of drug-likeness (QED) is 0.805. The van der Waals surface area contributed by atoms with Crippen molar-refractivity contribution in [1.29, 1.82) is 0 Å². The smallest absolute Gasteiger partial charge is 0.0502 e. The van der Waals surface area contributed by atoms with Gasteiger partial charge in [-0.2, -0.15) is 0 Å². The Balaban J connectivity index is 2.40. The first kappa shape index (κ1) is 12.5. The Kier molecular flexibility index (Phi) is 4.08. The lowest BCUT2D eigenvalue weighted by Gasteiger charge is -2.01. The maximum Gasteiger partial charge on any atom is 0.0502 e. The van der Waals surface area contributed by atoms with Crippen LogP contribution in [0.4, 0.5) is 0 Å². The molecule has 0 aliphatic carbocycles. The van der Waals surface area contributed by atoms with Gasteiger partial charge in [-0.05, 0) is 51.1 Å². The van der Waals surface area contributed by atoms with E-state index in [2.05, 4.69) is 29.1 Å². The summed E-state index contributed by atoms with van der Waals surface area (Å²) in [5.41, 5.74) is 2.61. The molecule has 0 spiro atoms. The first-order valence-corrected chi connectivity index (χ1v) is 6.56. The summed E-state index contributed by atoms with van der Waals surface area (Å²) in [5.74, 6) is 0. The average Bonchev–Trinajstić information content (AvgIpc) is 2.69. The van der Waals surface area contributed by atoms with E-state index in [1.165, 1.54) is 16.5 Å². The fourth-order valence-corrected chi connectivity index (χ4v) is 2.59. The van der Waals surface area contributed by atoms with Gasteiger partial charge in [-0.1, -0.05) is 17.7 Å². The third kappa shape index (κ3) is 2.48. The molecular formula is C14H19ClN2. The lowest BCUT2D eigenvalue weighted by molar-refractivity contribution is 0.721. The van der Waals surface area contributed by atoms with E-state index in [1.807, 2.05) is 19.2 Å². The SMILES string of the molecule is CCn1cc(CCCNC)c2c(Cl)cccc21. The van der Waals surface area contributed by atoms with Crippen LogP contribution in [-0.4, -0.2) is 18.2 Å². The fourth-order valence-electron chi connectivity index (χ4n) is 2.30. The van der Waals surface area contributed by atoms with Crippen molar-refractivity contribution in [3.05, 3.63) is 35.0 Å². The van der Waals surface area contributed by atoms with Gasteiger partial charge in [0.2, 0.25) is 0 Å². The topological polar surface area (TPSA) is 17.0 Å². The van der Waals surface area contributed by atoms with Crippen LogP contribution in [0.1, 0.15) is 18.9 Å². The number of nitrogens with zero attached hydrogens (tertiary/aromatic N) is 1. The molecule has 0 fully saturated rings. The van der Waals surface area contributed by atoms with Crippen molar-refractivity contribution in [1.82, 2.24) is 9.88 Å². The highest BCUT2D eigenvalue weighted by molar-refractivity contribution is 6.35. The highest BCUT2D eigenvalue weighted by atomic mass is 35.5. The Morgan fingerprint density at radius 3 is 2.88 bits per heavy atom. The van der Waals surface area contributed by atoms with Gasteiger partial charge in [0.25, 0.3) is 0 Å². The number of aryl methyl sites for hydroxylation is 2. The molecule has 1 aromatic carbocycles. The number of rotatable bonds is 5. The third-order valence-electron chi connectivity index (χ3n) is 3.15. The largest absolute Gasteiger partial charge is 0.347 e. The van der Waals surface area contributed by atoms with Crippen LogP contribution in [0.3, 0.4) is 0 Å². The Labute approximate surface area is 108 Å². The van der Waals surface area contributed by atoms with E-state index in [1.54, 1.807) is 0 Å². The van der Waals surface area contributed by atoms with Crippen LogP contribution in [0, 0.1) is 0 Å². The molecule has 2 rings (SSSR count). The molecule has 3 heteroatoms. The molecule has 1 aromatic heterocycles. The summed E-state index contributed by atoms with van der Waals surface area (Å²) in [6.07, 6.45) is 4.46. The van der Waals surface area contributed by atoms with Crippen LogP contribution < -0.4 is 5.32 Å². The lowest BCUT2D eigenvalue weighted by atomic mass is 10.1. The summed E-state index contributed by atoms with van der Waals surface area (Å²) in [6, 6.07) is 6.14. The van der Waals surface area contributed by atoms with Gasteiger partial charge in [0.05, 0.1) is 5.02 Å². The van der Waals surface area contributed by atoms with Gasteiger partial charge in [0.1, 0.15) is 0 Å². The summed E-state index contributed by atoms with van der Waals surface area (Å²) < 4.78 is 2.27. The summed E-state index contributed by atoms with van der Waals surface area (Å²) >= 11 is 6.32. The normalized spacial score (nSPS) is 11.2. The van der Waals surface area contributed by atoms with Crippen molar-refractivity contribution in [3.63, 3.8) is 0 Å². The van der Waals surface area contributed by atoms with Gasteiger partial charge in [-0.3, -0.25) is 0 Å². The van der Waals surface area contributed by atoms with E-state index < -0.39 is 0 Å². The van der Waals surface area contributed by atoms with Crippen molar-refractivity contribution >= 4 is 22.5 Å². The standard InChI is InChI=1S/C14H19ClN2/c1-3-17-10-11(6-5-9-16-2)14-12(15)7-4-8-13(14)17/h4,7-8,10,16H,3,5-6,9H2,1-2H3. The zero-order valence-corrected chi connectivity index (χ0v) is 11.2. The number of fused-ring (bicyclic) bond motifs is 1. The average molecular weight is 251 g/mol. The zero-order chi connectivity index (χ0) is 12.3. The minimum atomic E-state index is 0.870. The first-order chi connectivity index (χ1) is 8.27. The minimum absolute atomic E-state index is 0.870. The molecule has 0 unspecified atom stereocenters.